The Morgan fingerprint density at radius 3 is 2.55 bits per heavy atom. The summed E-state index contributed by atoms with van der Waals surface area (Å²) in [5.41, 5.74) is 6.40. The molecule has 0 saturated heterocycles. The van der Waals surface area contributed by atoms with Crippen LogP contribution >= 0.6 is 0 Å². The number of hydrogen-bond acceptors (Lipinski definition) is 3. The van der Waals surface area contributed by atoms with Crippen molar-refractivity contribution in [1.29, 1.82) is 0 Å². The highest BCUT2D eigenvalue weighted by Gasteiger charge is 2.12. The van der Waals surface area contributed by atoms with Crippen LogP contribution in [0.5, 0.6) is 0 Å². The SMILES string of the molecule is CC(C)CC(C)CC(=O)OCc1cccc(C(N)=O)c1. The van der Waals surface area contributed by atoms with E-state index in [1.165, 1.54) is 0 Å². The summed E-state index contributed by atoms with van der Waals surface area (Å²) in [4.78, 5) is 22.8. The van der Waals surface area contributed by atoms with Gasteiger partial charge in [0.25, 0.3) is 0 Å². The van der Waals surface area contributed by atoms with Crippen LogP contribution in [-0.2, 0) is 16.1 Å². The molecule has 1 unspecified atom stereocenters. The van der Waals surface area contributed by atoms with Gasteiger partial charge in [0.15, 0.2) is 0 Å². The van der Waals surface area contributed by atoms with Crippen LogP contribution in [0.4, 0.5) is 0 Å². The first-order chi connectivity index (χ1) is 9.38. The van der Waals surface area contributed by atoms with E-state index in [9.17, 15) is 9.59 Å². The number of esters is 1. The lowest BCUT2D eigenvalue weighted by Gasteiger charge is -2.13. The molecule has 110 valence electrons. The minimum Gasteiger partial charge on any atom is -0.461 e. The Morgan fingerprint density at radius 2 is 1.95 bits per heavy atom. The average Bonchev–Trinajstić information content (AvgIpc) is 2.35. The van der Waals surface area contributed by atoms with E-state index in [4.69, 9.17) is 10.5 Å². The minimum atomic E-state index is -0.483. The molecule has 0 spiro atoms. The van der Waals surface area contributed by atoms with Crippen molar-refractivity contribution in [3.63, 3.8) is 0 Å². The van der Waals surface area contributed by atoms with Gasteiger partial charge in [-0.15, -0.1) is 0 Å². The highest BCUT2D eigenvalue weighted by Crippen LogP contribution is 2.15. The molecule has 20 heavy (non-hydrogen) atoms. The van der Waals surface area contributed by atoms with Crippen LogP contribution in [0.1, 0.15) is 49.5 Å². The standard InChI is InChI=1S/C16H23NO3/c1-11(2)7-12(3)8-15(18)20-10-13-5-4-6-14(9-13)16(17)19/h4-6,9,11-12H,7-8,10H2,1-3H3,(H2,17,19). The van der Waals surface area contributed by atoms with Crippen molar-refractivity contribution < 1.29 is 14.3 Å². The number of amides is 1. The van der Waals surface area contributed by atoms with Gasteiger partial charge in [0.2, 0.25) is 5.91 Å². The third kappa shape index (κ3) is 5.87. The molecule has 1 amide bonds. The van der Waals surface area contributed by atoms with Gasteiger partial charge >= 0.3 is 5.97 Å². The van der Waals surface area contributed by atoms with E-state index in [-0.39, 0.29) is 12.6 Å². The van der Waals surface area contributed by atoms with Crippen molar-refractivity contribution in [3.8, 4) is 0 Å². The Bertz CT molecular complexity index is 469. The lowest BCUT2D eigenvalue weighted by Crippen LogP contribution is -2.13. The Labute approximate surface area is 120 Å². The molecule has 0 aliphatic heterocycles. The van der Waals surface area contributed by atoms with Crippen LogP contribution < -0.4 is 5.73 Å². The van der Waals surface area contributed by atoms with E-state index >= 15 is 0 Å². The first-order valence-electron chi connectivity index (χ1n) is 6.92. The summed E-state index contributed by atoms with van der Waals surface area (Å²) in [6.07, 6.45) is 1.43. The van der Waals surface area contributed by atoms with E-state index in [2.05, 4.69) is 20.8 Å². The minimum absolute atomic E-state index is 0.175. The second kappa shape index (κ2) is 7.68. The van der Waals surface area contributed by atoms with E-state index in [1.807, 2.05) is 0 Å². The maximum absolute atomic E-state index is 11.7. The molecule has 0 saturated carbocycles. The van der Waals surface area contributed by atoms with Gasteiger partial charge < -0.3 is 10.5 Å². The van der Waals surface area contributed by atoms with E-state index in [1.54, 1.807) is 24.3 Å². The highest BCUT2D eigenvalue weighted by molar-refractivity contribution is 5.92. The fourth-order valence-electron chi connectivity index (χ4n) is 2.21. The zero-order chi connectivity index (χ0) is 15.1. The number of benzene rings is 1. The monoisotopic (exact) mass is 277 g/mol. The average molecular weight is 277 g/mol. The normalized spacial score (nSPS) is 12.2. The number of carbonyl (C=O) groups excluding carboxylic acids is 2. The molecule has 0 bridgehead atoms. The molecular formula is C16H23NO3. The lowest BCUT2D eigenvalue weighted by molar-refractivity contribution is -0.146. The van der Waals surface area contributed by atoms with Gasteiger partial charge in [-0.3, -0.25) is 9.59 Å². The highest BCUT2D eigenvalue weighted by atomic mass is 16.5. The number of rotatable bonds is 7. The van der Waals surface area contributed by atoms with Crippen molar-refractivity contribution in [2.45, 2.75) is 40.2 Å². The van der Waals surface area contributed by atoms with Crippen LogP contribution in [0.3, 0.4) is 0 Å². The van der Waals surface area contributed by atoms with E-state index < -0.39 is 5.91 Å². The molecule has 4 nitrogen and oxygen atoms in total. The van der Waals surface area contributed by atoms with Gasteiger partial charge in [-0.05, 0) is 36.0 Å². The number of primary amides is 1. The first-order valence-corrected chi connectivity index (χ1v) is 6.92. The molecule has 1 rings (SSSR count). The van der Waals surface area contributed by atoms with Crippen molar-refractivity contribution in [1.82, 2.24) is 0 Å². The number of ether oxygens (including phenoxy) is 1. The molecule has 0 fully saturated rings. The summed E-state index contributed by atoms with van der Waals surface area (Å²) in [6, 6.07) is 6.81. The second-order valence-electron chi connectivity index (χ2n) is 5.66. The Morgan fingerprint density at radius 1 is 1.25 bits per heavy atom. The third-order valence-electron chi connectivity index (χ3n) is 3.00. The van der Waals surface area contributed by atoms with Gasteiger partial charge in [-0.25, -0.2) is 0 Å². The molecule has 0 heterocycles. The molecule has 4 heteroatoms. The predicted molar refractivity (Wildman–Crippen MR) is 78.0 cm³/mol. The summed E-state index contributed by atoms with van der Waals surface area (Å²) in [5.74, 6) is 0.205. The van der Waals surface area contributed by atoms with Crippen molar-refractivity contribution in [2.75, 3.05) is 0 Å². The fraction of sp³-hybridized carbons (Fsp3) is 0.500. The summed E-state index contributed by atoms with van der Waals surface area (Å²) in [5, 5.41) is 0. The van der Waals surface area contributed by atoms with Gasteiger partial charge in [0.05, 0.1) is 0 Å². The molecule has 1 aromatic rings. The first kappa shape index (κ1) is 16.2. The van der Waals surface area contributed by atoms with E-state index in [0.717, 1.165) is 12.0 Å². The van der Waals surface area contributed by atoms with E-state index in [0.29, 0.717) is 23.8 Å². The molecule has 0 radical (unpaired) electrons. The number of hydrogen-bond donors (Lipinski definition) is 1. The predicted octanol–water partition coefficient (Wildman–Crippen LogP) is 2.90. The fourth-order valence-corrected chi connectivity index (χ4v) is 2.21. The maximum Gasteiger partial charge on any atom is 0.306 e. The van der Waals surface area contributed by atoms with Gasteiger partial charge in [-0.2, -0.15) is 0 Å². The second-order valence-corrected chi connectivity index (χ2v) is 5.66. The number of carbonyl (C=O) groups is 2. The maximum atomic E-state index is 11.7. The molecular weight excluding hydrogens is 254 g/mol. The van der Waals surface area contributed by atoms with Crippen LogP contribution in [-0.4, -0.2) is 11.9 Å². The molecule has 1 aromatic carbocycles. The van der Waals surface area contributed by atoms with Gasteiger partial charge in [0, 0.05) is 12.0 Å². The largest absolute Gasteiger partial charge is 0.461 e. The Kier molecular flexibility index (Phi) is 6.22. The molecule has 0 aromatic heterocycles. The van der Waals surface area contributed by atoms with Crippen molar-refractivity contribution >= 4 is 11.9 Å². The van der Waals surface area contributed by atoms with Crippen molar-refractivity contribution in [3.05, 3.63) is 35.4 Å². The zero-order valence-corrected chi connectivity index (χ0v) is 12.4. The van der Waals surface area contributed by atoms with Crippen LogP contribution in [0, 0.1) is 11.8 Å². The van der Waals surface area contributed by atoms with Crippen molar-refractivity contribution in [2.24, 2.45) is 17.6 Å². The summed E-state index contributed by atoms with van der Waals surface area (Å²) in [7, 11) is 0. The van der Waals surface area contributed by atoms with Crippen LogP contribution in [0.25, 0.3) is 0 Å². The lowest BCUT2D eigenvalue weighted by atomic mass is 9.96. The molecule has 1 atom stereocenters. The third-order valence-corrected chi connectivity index (χ3v) is 3.00. The number of nitrogens with two attached hydrogens (primary N) is 1. The van der Waals surface area contributed by atoms with Crippen LogP contribution in [0.2, 0.25) is 0 Å². The summed E-state index contributed by atoms with van der Waals surface area (Å²) < 4.78 is 5.22. The molecule has 2 N–H and O–H groups in total. The smallest absolute Gasteiger partial charge is 0.306 e. The van der Waals surface area contributed by atoms with Gasteiger partial charge in [-0.1, -0.05) is 32.9 Å². The van der Waals surface area contributed by atoms with Gasteiger partial charge in [0.1, 0.15) is 6.61 Å². The quantitative estimate of drug-likeness (QED) is 0.779. The Hall–Kier alpha value is -1.84. The topological polar surface area (TPSA) is 69.4 Å². The molecule has 0 aliphatic carbocycles. The Balaban J connectivity index is 2.45. The summed E-state index contributed by atoms with van der Waals surface area (Å²) in [6.45, 7) is 6.50. The summed E-state index contributed by atoms with van der Waals surface area (Å²) >= 11 is 0. The zero-order valence-electron chi connectivity index (χ0n) is 12.4. The molecule has 0 aliphatic rings. The van der Waals surface area contributed by atoms with Crippen LogP contribution in [0.15, 0.2) is 24.3 Å².